The van der Waals surface area contributed by atoms with Crippen molar-refractivity contribution in [2.75, 3.05) is 18.5 Å². The van der Waals surface area contributed by atoms with E-state index in [1.807, 2.05) is 47.3 Å². The summed E-state index contributed by atoms with van der Waals surface area (Å²) in [6.07, 6.45) is 7.00. The van der Waals surface area contributed by atoms with Crippen LogP contribution in [0.4, 0.5) is 5.69 Å². The molecule has 2 heterocycles. The van der Waals surface area contributed by atoms with Crippen LogP contribution in [-0.4, -0.2) is 34.2 Å². The van der Waals surface area contributed by atoms with Crippen LogP contribution in [0.15, 0.2) is 54.7 Å². The van der Waals surface area contributed by atoms with E-state index in [9.17, 15) is 0 Å². The number of hydrogen-bond donors (Lipinski definition) is 1. The number of ether oxygens (including phenoxy) is 1. The van der Waals surface area contributed by atoms with Gasteiger partial charge in [-0.2, -0.15) is 0 Å². The van der Waals surface area contributed by atoms with Gasteiger partial charge in [0.2, 0.25) is 0 Å². The molecule has 1 aliphatic rings. The van der Waals surface area contributed by atoms with Gasteiger partial charge in [0.15, 0.2) is 0 Å². The fourth-order valence-corrected chi connectivity index (χ4v) is 3.72. The van der Waals surface area contributed by atoms with Crippen molar-refractivity contribution in [2.24, 2.45) is 0 Å². The van der Waals surface area contributed by atoms with E-state index in [1.54, 1.807) is 0 Å². The highest BCUT2D eigenvalue weighted by atomic mass is 16.5. The van der Waals surface area contributed by atoms with E-state index in [2.05, 4.69) is 46.5 Å². The van der Waals surface area contributed by atoms with Crippen LogP contribution in [0.3, 0.4) is 0 Å². The Morgan fingerprint density at radius 2 is 2.07 bits per heavy atom. The molecule has 1 unspecified atom stereocenters. The third-order valence-corrected chi connectivity index (χ3v) is 5.38. The molecule has 0 aliphatic carbocycles. The lowest BCUT2D eigenvalue weighted by molar-refractivity contribution is 0.00820. The Bertz CT molecular complexity index is 1010. The monoisotopic (exact) mass is 400 g/mol. The SMILES string of the molecule is Cc1cc(C#CCNc2ccccc2)ccc1-c1cn(CCC2CCCCO2)nn1. The average molecular weight is 401 g/mol. The number of anilines is 1. The van der Waals surface area contributed by atoms with Crippen molar-refractivity contribution in [3.05, 3.63) is 65.9 Å². The molecule has 0 spiro atoms. The Morgan fingerprint density at radius 3 is 2.87 bits per heavy atom. The first-order chi connectivity index (χ1) is 14.8. The molecule has 0 bridgehead atoms. The summed E-state index contributed by atoms with van der Waals surface area (Å²) in [6.45, 7) is 4.44. The molecule has 1 aliphatic heterocycles. The fourth-order valence-electron chi connectivity index (χ4n) is 3.72. The van der Waals surface area contributed by atoms with E-state index in [1.165, 1.54) is 12.8 Å². The minimum absolute atomic E-state index is 0.363. The van der Waals surface area contributed by atoms with Gasteiger partial charge in [0.05, 0.1) is 18.8 Å². The van der Waals surface area contributed by atoms with Crippen LogP contribution < -0.4 is 5.32 Å². The van der Waals surface area contributed by atoms with Gasteiger partial charge in [0.1, 0.15) is 5.69 Å². The van der Waals surface area contributed by atoms with Crippen LogP contribution in [0.1, 0.15) is 36.8 Å². The number of hydrogen-bond acceptors (Lipinski definition) is 4. The van der Waals surface area contributed by atoms with Crippen LogP contribution >= 0.6 is 0 Å². The van der Waals surface area contributed by atoms with Gasteiger partial charge >= 0.3 is 0 Å². The summed E-state index contributed by atoms with van der Waals surface area (Å²) in [5, 5.41) is 12.0. The van der Waals surface area contributed by atoms with Crippen LogP contribution in [0.5, 0.6) is 0 Å². The zero-order valence-electron chi connectivity index (χ0n) is 17.5. The molecule has 1 aromatic heterocycles. The minimum atomic E-state index is 0.363. The summed E-state index contributed by atoms with van der Waals surface area (Å²) in [5.41, 5.74) is 5.25. The second kappa shape index (κ2) is 10.1. The number of para-hydroxylation sites is 1. The summed E-state index contributed by atoms with van der Waals surface area (Å²) in [4.78, 5) is 0. The maximum Gasteiger partial charge on any atom is 0.113 e. The summed E-state index contributed by atoms with van der Waals surface area (Å²) in [6, 6.07) is 16.3. The topological polar surface area (TPSA) is 52.0 Å². The summed E-state index contributed by atoms with van der Waals surface area (Å²) in [5.74, 6) is 6.41. The Kier molecular flexibility index (Phi) is 6.79. The highest BCUT2D eigenvalue weighted by Gasteiger charge is 2.14. The number of benzene rings is 2. The van der Waals surface area contributed by atoms with Crippen molar-refractivity contribution < 1.29 is 4.74 Å². The van der Waals surface area contributed by atoms with Crippen molar-refractivity contribution >= 4 is 5.69 Å². The lowest BCUT2D eigenvalue weighted by Crippen LogP contribution is -2.20. The van der Waals surface area contributed by atoms with Crippen molar-refractivity contribution in [1.82, 2.24) is 15.0 Å². The van der Waals surface area contributed by atoms with Gasteiger partial charge in [-0.3, -0.25) is 4.68 Å². The second-order valence-electron chi connectivity index (χ2n) is 7.70. The first-order valence-corrected chi connectivity index (χ1v) is 10.7. The van der Waals surface area contributed by atoms with E-state index in [0.717, 1.165) is 54.1 Å². The largest absolute Gasteiger partial charge is 0.378 e. The predicted octanol–water partition coefficient (Wildman–Crippen LogP) is 4.68. The molecule has 0 radical (unpaired) electrons. The molecule has 5 nitrogen and oxygen atoms in total. The molecule has 1 saturated heterocycles. The quantitative estimate of drug-likeness (QED) is 0.611. The van der Waals surface area contributed by atoms with Gasteiger partial charge in [-0.15, -0.1) is 5.10 Å². The Balaban J connectivity index is 1.34. The maximum atomic E-state index is 5.81. The van der Waals surface area contributed by atoms with Gasteiger partial charge < -0.3 is 10.1 Å². The molecule has 1 fully saturated rings. The molecular weight excluding hydrogens is 372 g/mol. The van der Waals surface area contributed by atoms with Crippen molar-refractivity contribution in [3.63, 3.8) is 0 Å². The molecule has 1 atom stereocenters. The molecule has 4 rings (SSSR count). The Labute approximate surface area is 178 Å². The van der Waals surface area contributed by atoms with Crippen LogP contribution in [-0.2, 0) is 11.3 Å². The third-order valence-electron chi connectivity index (χ3n) is 5.38. The molecule has 1 N–H and O–H groups in total. The zero-order valence-corrected chi connectivity index (χ0v) is 17.5. The molecule has 0 saturated carbocycles. The lowest BCUT2D eigenvalue weighted by atomic mass is 10.0. The van der Waals surface area contributed by atoms with E-state index in [0.29, 0.717) is 12.6 Å². The van der Waals surface area contributed by atoms with Gasteiger partial charge in [0.25, 0.3) is 0 Å². The van der Waals surface area contributed by atoms with Crippen LogP contribution in [0.25, 0.3) is 11.3 Å². The average Bonchev–Trinajstić information content (AvgIpc) is 3.26. The van der Waals surface area contributed by atoms with Crippen LogP contribution in [0, 0.1) is 18.8 Å². The Morgan fingerprint density at radius 1 is 1.17 bits per heavy atom. The highest BCUT2D eigenvalue weighted by molar-refractivity contribution is 5.64. The summed E-state index contributed by atoms with van der Waals surface area (Å²) >= 11 is 0. The fraction of sp³-hybridized carbons (Fsp3) is 0.360. The number of aryl methyl sites for hydroxylation is 2. The predicted molar refractivity (Wildman–Crippen MR) is 120 cm³/mol. The normalized spacial score (nSPS) is 16.0. The molecule has 30 heavy (non-hydrogen) atoms. The first-order valence-electron chi connectivity index (χ1n) is 10.7. The maximum absolute atomic E-state index is 5.81. The van der Waals surface area contributed by atoms with Crippen molar-refractivity contribution in [3.8, 4) is 23.1 Å². The first kappa shape index (κ1) is 20.2. The number of aromatic nitrogens is 3. The second-order valence-corrected chi connectivity index (χ2v) is 7.70. The van der Waals surface area contributed by atoms with Gasteiger partial charge in [0, 0.05) is 30.0 Å². The van der Waals surface area contributed by atoms with Gasteiger partial charge in [-0.25, -0.2) is 0 Å². The van der Waals surface area contributed by atoms with E-state index >= 15 is 0 Å². The molecule has 154 valence electrons. The summed E-state index contributed by atoms with van der Waals surface area (Å²) < 4.78 is 7.74. The molecule has 0 amide bonds. The molecule has 2 aromatic carbocycles. The van der Waals surface area contributed by atoms with Gasteiger partial charge in [-0.05, 0) is 62.4 Å². The van der Waals surface area contributed by atoms with E-state index in [4.69, 9.17) is 4.74 Å². The van der Waals surface area contributed by atoms with Crippen molar-refractivity contribution in [2.45, 2.75) is 45.3 Å². The highest BCUT2D eigenvalue weighted by Crippen LogP contribution is 2.22. The molecule has 3 aromatic rings. The number of rotatable bonds is 6. The van der Waals surface area contributed by atoms with Crippen molar-refractivity contribution in [1.29, 1.82) is 0 Å². The minimum Gasteiger partial charge on any atom is -0.378 e. The lowest BCUT2D eigenvalue weighted by Gasteiger charge is -2.22. The number of nitrogens with one attached hydrogen (secondary N) is 1. The smallest absolute Gasteiger partial charge is 0.113 e. The van der Waals surface area contributed by atoms with E-state index in [-0.39, 0.29) is 0 Å². The number of nitrogens with zero attached hydrogens (tertiary/aromatic N) is 3. The zero-order chi connectivity index (χ0) is 20.6. The van der Waals surface area contributed by atoms with E-state index < -0.39 is 0 Å². The molecular formula is C25H28N4O. The Hall–Kier alpha value is -3.10. The summed E-state index contributed by atoms with van der Waals surface area (Å²) in [7, 11) is 0. The van der Waals surface area contributed by atoms with Crippen LogP contribution in [0.2, 0.25) is 0 Å². The third kappa shape index (κ3) is 5.49. The standard InChI is InChI=1S/C25H28N4O/c1-20-18-21(8-7-15-26-22-9-3-2-4-10-22)12-13-24(20)25-19-29(28-27-25)16-14-23-11-5-6-17-30-23/h2-4,9-10,12-13,18-19,23,26H,5-6,11,14-17H2,1H3. The van der Waals surface area contributed by atoms with Gasteiger partial charge in [-0.1, -0.05) is 41.3 Å². The molecule has 5 heteroatoms.